The molecule has 2 aromatic carbocycles. The van der Waals surface area contributed by atoms with Crippen molar-refractivity contribution in [2.45, 2.75) is 52.4 Å². The Morgan fingerprint density at radius 2 is 1.72 bits per heavy atom. The van der Waals surface area contributed by atoms with Crippen LogP contribution in [0.4, 0.5) is 5.69 Å². The number of benzene rings is 2. The fourth-order valence-electron chi connectivity index (χ4n) is 4.97. The second kappa shape index (κ2) is 8.45. The first kappa shape index (κ1) is 22.1. The lowest BCUT2D eigenvalue weighted by atomic mass is 9.69. The van der Waals surface area contributed by atoms with Crippen molar-refractivity contribution in [2.75, 3.05) is 19.1 Å². The SMILES string of the molecule is CCc1ccc(N2C(=O)C[C@H](c3cc(OC)ccc3OC)C3=C2CC(C)(C)CC3=O)cc1. The molecule has 4 rings (SSSR count). The minimum Gasteiger partial charge on any atom is -0.497 e. The van der Waals surface area contributed by atoms with Crippen LogP contribution in [-0.2, 0) is 16.0 Å². The molecule has 1 aliphatic carbocycles. The third kappa shape index (κ3) is 3.92. The van der Waals surface area contributed by atoms with Crippen LogP contribution >= 0.6 is 0 Å². The molecule has 5 heteroatoms. The fourth-order valence-corrected chi connectivity index (χ4v) is 4.97. The monoisotopic (exact) mass is 433 g/mol. The van der Waals surface area contributed by atoms with Crippen molar-refractivity contribution in [3.8, 4) is 11.5 Å². The predicted octanol–water partition coefficient (Wildman–Crippen LogP) is 5.43. The number of rotatable bonds is 5. The van der Waals surface area contributed by atoms with Crippen LogP contribution in [0.3, 0.4) is 0 Å². The summed E-state index contributed by atoms with van der Waals surface area (Å²) in [7, 11) is 3.22. The zero-order valence-corrected chi connectivity index (χ0v) is 19.5. The van der Waals surface area contributed by atoms with Crippen LogP contribution in [-0.4, -0.2) is 25.9 Å². The summed E-state index contributed by atoms with van der Waals surface area (Å²) >= 11 is 0. The molecule has 0 N–H and O–H groups in total. The van der Waals surface area contributed by atoms with Crippen LogP contribution in [0.25, 0.3) is 0 Å². The van der Waals surface area contributed by atoms with Gasteiger partial charge in [-0.25, -0.2) is 0 Å². The lowest BCUT2D eigenvalue weighted by Crippen LogP contribution is -2.43. The number of hydrogen-bond donors (Lipinski definition) is 0. The Balaban J connectivity index is 1.90. The quantitative estimate of drug-likeness (QED) is 0.631. The van der Waals surface area contributed by atoms with E-state index in [0.29, 0.717) is 24.3 Å². The molecular weight excluding hydrogens is 402 g/mol. The van der Waals surface area contributed by atoms with Gasteiger partial charge in [0.1, 0.15) is 11.5 Å². The normalized spacial score (nSPS) is 20.3. The molecule has 1 aliphatic heterocycles. The van der Waals surface area contributed by atoms with Gasteiger partial charge in [0, 0.05) is 41.3 Å². The Bertz CT molecular complexity index is 1080. The van der Waals surface area contributed by atoms with E-state index in [2.05, 4.69) is 32.9 Å². The van der Waals surface area contributed by atoms with E-state index in [1.807, 2.05) is 30.3 Å². The van der Waals surface area contributed by atoms with Gasteiger partial charge in [-0.05, 0) is 54.2 Å². The van der Waals surface area contributed by atoms with E-state index in [1.54, 1.807) is 19.1 Å². The van der Waals surface area contributed by atoms with Gasteiger partial charge in [0.2, 0.25) is 5.91 Å². The van der Waals surface area contributed by atoms with Crippen molar-refractivity contribution in [2.24, 2.45) is 5.41 Å². The van der Waals surface area contributed by atoms with Crippen molar-refractivity contribution in [1.82, 2.24) is 0 Å². The molecular formula is C27H31NO4. The Hall–Kier alpha value is -3.08. The number of Topliss-reactive ketones (excluding diaryl/α,β-unsaturated/α-hetero) is 1. The standard InChI is InChI=1S/C27H31NO4/c1-6-17-7-9-18(10-8-17)28-22-15-27(2,3)16-23(29)26(22)21(14-25(28)30)20-13-19(31-4)11-12-24(20)32-5/h7-13,21H,6,14-16H2,1-5H3/t21-/m1/s1. The molecule has 2 aliphatic rings. The molecule has 0 saturated heterocycles. The molecule has 0 unspecified atom stereocenters. The van der Waals surface area contributed by atoms with Gasteiger partial charge in [0.15, 0.2) is 5.78 Å². The lowest BCUT2D eigenvalue weighted by molar-refractivity contribution is -0.121. The summed E-state index contributed by atoms with van der Waals surface area (Å²) in [5.74, 6) is 1.09. The lowest BCUT2D eigenvalue weighted by Gasteiger charge is -2.43. The Labute approximate surface area is 190 Å². The van der Waals surface area contributed by atoms with Crippen LogP contribution in [0.2, 0.25) is 0 Å². The molecule has 32 heavy (non-hydrogen) atoms. The molecule has 1 amide bonds. The summed E-state index contributed by atoms with van der Waals surface area (Å²) < 4.78 is 11.0. The number of ether oxygens (including phenoxy) is 2. The summed E-state index contributed by atoms with van der Waals surface area (Å²) in [6.45, 7) is 6.29. The van der Waals surface area contributed by atoms with Crippen molar-refractivity contribution < 1.29 is 19.1 Å². The molecule has 1 heterocycles. The number of carbonyl (C=O) groups is 2. The van der Waals surface area contributed by atoms with Crippen molar-refractivity contribution >= 4 is 17.4 Å². The zero-order chi connectivity index (χ0) is 23.0. The van der Waals surface area contributed by atoms with Gasteiger partial charge in [-0.2, -0.15) is 0 Å². The molecule has 0 bridgehead atoms. The number of ketones is 1. The van der Waals surface area contributed by atoms with Crippen LogP contribution in [0.5, 0.6) is 11.5 Å². The molecule has 0 radical (unpaired) electrons. The van der Waals surface area contributed by atoms with Crippen LogP contribution in [0.1, 0.15) is 57.1 Å². The number of anilines is 1. The van der Waals surface area contributed by atoms with E-state index in [0.717, 1.165) is 28.9 Å². The maximum Gasteiger partial charge on any atom is 0.232 e. The van der Waals surface area contributed by atoms with E-state index in [4.69, 9.17) is 9.47 Å². The van der Waals surface area contributed by atoms with Crippen molar-refractivity contribution in [3.05, 3.63) is 64.9 Å². The highest BCUT2D eigenvalue weighted by Gasteiger charge is 2.45. The molecule has 0 aromatic heterocycles. The Morgan fingerprint density at radius 1 is 1.00 bits per heavy atom. The Morgan fingerprint density at radius 3 is 2.34 bits per heavy atom. The van der Waals surface area contributed by atoms with E-state index < -0.39 is 0 Å². The molecule has 1 atom stereocenters. The number of aryl methyl sites for hydroxylation is 1. The predicted molar refractivity (Wildman–Crippen MR) is 125 cm³/mol. The topological polar surface area (TPSA) is 55.8 Å². The second-order valence-corrected chi connectivity index (χ2v) is 9.42. The van der Waals surface area contributed by atoms with Gasteiger partial charge in [-0.1, -0.05) is 32.9 Å². The maximum absolute atomic E-state index is 13.6. The van der Waals surface area contributed by atoms with Crippen LogP contribution < -0.4 is 14.4 Å². The molecule has 5 nitrogen and oxygen atoms in total. The maximum atomic E-state index is 13.6. The molecule has 2 aromatic rings. The fraction of sp³-hybridized carbons (Fsp3) is 0.407. The summed E-state index contributed by atoms with van der Waals surface area (Å²) in [5.41, 5.74) is 4.20. The second-order valence-electron chi connectivity index (χ2n) is 9.42. The summed E-state index contributed by atoms with van der Waals surface area (Å²) in [6.07, 6.45) is 2.28. The summed E-state index contributed by atoms with van der Waals surface area (Å²) in [4.78, 5) is 28.8. The van der Waals surface area contributed by atoms with Gasteiger partial charge < -0.3 is 9.47 Å². The minimum absolute atomic E-state index is 0.00614. The summed E-state index contributed by atoms with van der Waals surface area (Å²) in [6, 6.07) is 13.6. The molecule has 0 spiro atoms. The average Bonchev–Trinajstić information content (AvgIpc) is 2.77. The van der Waals surface area contributed by atoms with E-state index in [-0.39, 0.29) is 29.4 Å². The highest BCUT2D eigenvalue weighted by atomic mass is 16.5. The Kier molecular flexibility index (Phi) is 5.85. The van der Waals surface area contributed by atoms with Crippen molar-refractivity contribution in [1.29, 1.82) is 0 Å². The van der Waals surface area contributed by atoms with Gasteiger partial charge >= 0.3 is 0 Å². The average molecular weight is 434 g/mol. The highest BCUT2D eigenvalue weighted by Crippen LogP contribution is 2.49. The molecule has 0 saturated carbocycles. The van der Waals surface area contributed by atoms with Crippen LogP contribution in [0, 0.1) is 5.41 Å². The van der Waals surface area contributed by atoms with Crippen LogP contribution in [0.15, 0.2) is 53.7 Å². The minimum atomic E-state index is -0.350. The number of carbonyl (C=O) groups excluding carboxylic acids is 2. The molecule has 168 valence electrons. The largest absolute Gasteiger partial charge is 0.497 e. The van der Waals surface area contributed by atoms with Gasteiger partial charge in [0.25, 0.3) is 0 Å². The number of amides is 1. The third-order valence-electron chi connectivity index (χ3n) is 6.56. The first-order chi connectivity index (χ1) is 15.3. The first-order valence-electron chi connectivity index (χ1n) is 11.2. The van der Waals surface area contributed by atoms with E-state index in [1.165, 1.54) is 5.56 Å². The molecule has 0 fully saturated rings. The van der Waals surface area contributed by atoms with Crippen molar-refractivity contribution in [3.63, 3.8) is 0 Å². The van der Waals surface area contributed by atoms with E-state index >= 15 is 0 Å². The highest BCUT2D eigenvalue weighted by molar-refractivity contribution is 6.08. The number of nitrogens with zero attached hydrogens (tertiary/aromatic N) is 1. The smallest absolute Gasteiger partial charge is 0.232 e. The first-order valence-corrected chi connectivity index (χ1v) is 11.2. The summed E-state index contributed by atoms with van der Waals surface area (Å²) in [5, 5.41) is 0. The van der Waals surface area contributed by atoms with Gasteiger partial charge in [-0.3, -0.25) is 14.5 Å². The third-order valence-corrected chi connectivity index (χ3v) is 6.56. The number of hydrogen-bond acceptors (Lipinski definition) is 4. The zero-order valence-electron chi connectivity index (χ0n) is 19.5. The van der Waals surface area contributed by atoms with E-state index in [9.17, 15) is 9.59 Å². The number of methoxy groups -OCH3 is 2. The van der Waals surface area contributed by atoms with Gasteiger partial charge in [-0.15, -0.1) is 0 Å². The van der Waals surface area contributed by atoms with Gasteiger partial charge in [0.05, 0.1) is 14.2 Å². The number of allylic oxidation sites excluding steroid dienone is 2.